The highest BCUT2D eigenvalue weighted by Crippen LogP contribution is 2.18. The van der Waals surface area contributed by atoms with Crippen LogP contribution in [0.5, 0.6) is 5.75 Å². The lowest BCUT2D eigenvalue weighted by atomic mass is 10.3. The van der Waals surface area contributed by atoms with Gasteiger partial charge in [-0.3, -0.25) is 0 Å². The molecule has 0 unspecified atom stereocenters. The number of anilines is 4. The summed E-state index contributed by atoms with van der Waals surface area (Å²) in [5.74, 6) is 1.31. The van der Waals surface area contributed by atoms with Crippen LogP contribution in [0.25, 0.3) is 0 Å². The van der Waals surface area contributed by atoms with Gasteiger partial charge in [0.25, 0.3) is 0 Å². The summed E-state index contributed by atoms with van der Waals surface area (Å²) < 4.78 is 18.6. The standard InChI is InChI=1S/C20H21FN6O2/c1-29-15-8-6-14(7-9-15)25-19-23-11-10-18(27-19)22-12-13-24-20(28)26-17-5-3-2-4-16(17)21/h2-11H,12-13H2,1H3,(H2,24,26,28)(H2,22,23,25,27). The minimum Gasteiger partial charge on any atom is -0.497 e. The molecule has 0 aliphatic rings. The van der Waals surface area contributed by atoms with Crippen molar-refractivity contribution in [1.29, 1.82) is 0 Å². The van der Waals surface area contributed by atoms with E-state index in [0.717, 1.165) is 11.4 Å². The van der Waals surface area contributed by atoms with E-state index >= 15 is 0 Å². The Morgan fingerprint density at radius 3 is 2.62 bits per heavy atom. The average Bonchev–Trinajstić information content (AvgIpc) is 2.74. The molecule has 3 rings (SSSR count). The summed E-state index contributed by atoms with van der Waals surface area (Å²) in [7, 11) is 1.61. The third-order valence-electron chi connectivity index (χ3n) is 3.84. The minimum atomic E-state index is -0.487. The van der Waals surface area contributed by atoms with Crippen LogP contribution in [0.15, 0.2) is 60.8 Å². The molecule has 0 aliphatic heterocycles. The number of hydrogen-bond acceptors (Lipinski definition) is 6. The fourth-order valence-electron chi connectivity index (χ4n) is 2.42. The number of aromatic nitrogens is 2. The number of urea groups is 1. The maximum atomic E-state index is 13.5. The first-order valence-corrected chi connectivity index (χ1v) is 8.91. The van der Waals surface area contributed by atoms with Crippen LogP contribution >= 0.6 is 0 Å². The SMILES string of the molecule is COc1ccc(Nc2nccc(NCCNC(=O)Nc3ccccc3F)n2)cc1. The lowest BCUT2D eigenvalue weighted by molar-refractivity contribution is 0.252. The third-order valence-corrected chi connectivity index (χ3v) is 3.84. The van der Waals surface area contributed by atoms with Crippen molar-refractivity contribution in [2.45, 2.75) is 0 Å². The molecule has 2 amide bonds. The van der Waals surface area contributed by atoms with E-state index in [4.69, 9.17) is 4.74 Å². The molecule has 0 bridgehead atoms. The van der Waals surface area contributed by atoms with Gasteiger partial charge in [-0.05, 0) is 42.5 Å². The summed E-state index contributed by atoms with van der Waals surface area (Å²) in [6.45, 7) is 0.759. The highest BCUT2D eigenvalue weighted by Gasteiger charge is 2.05. The highest BCUT2D eigenvalue weighted by atomic mass is 19.1. The normalized spacial score (nSPS) is 10.1. The van der Waals surface area contributed by atoms with Gasteiger partial charge in [-0.15, -0.1) is 0 Å². The predicted octanol–water partition coefficient (Wildman–Crippen LogP) is 3.60. The first-order chi connectivity index (χ1) is 14.1. The molecule has 8 nitrogen and oxygen atoms in total. The summed E-state index contributed by atoms with van der Waals surface area (Å²) in [6, 6.07) is 14.6. The van der Waals surface area contributed by atoms with Crippen molar-refractivity contribution in [2.75, 3.05) is 36.1 Å². The summed E-state index contributed by atoms with van der Waals surface area (Å²) in [4.78, 5) is 20.4. The van der Waals surface area contributed by atoms with Crippen LogP contribution in [-0.4, -0.2) is 36.2 Å². The molecule has 3 aromatic rings. The van der Waals surface area contributed by atoms with Crippen LogP contribution in [0.3, 0.4) is 0 Å². The van der Waals surface area contributed by atoms with E-state index in [2.05, 4.69) is 31.2 Å². The Morgan fingerprint density at radius 2 is 1.86 bits per heavy atom. The number of carbonyl (C=O) groups is 1. The summed E-state index contributed by atoms with van der Waals surface area (Å²) in [5.41, 5.74) is 0.956. The molecule has 0 spiro atoms. The van der Waals surface area contributed by atoms with E-state index in [-0.39, 0.29) is 5.69 Å². The second-order valence-electron chi connectivity index (χ2n) is 5.91. The van der Waals surface area contributed by atoms with E-state index < -0.39 is 11.8 Å². The Balaban J connectivity index is 1.44. The average molecular weight is 396 g/mol. The van der Waals surface area contributed by atoms with Crippen LogP contribution in [0.1, 0.15) is 0 Å². The number of benzene rings is 2. The van der Waals surface area contributed by atoms with Gasteiger partial charge in [0.1, 0.15) is 17.4 Å². The van der Waals surface area contributed by atoms with Crippen LogP contribution in [-0.2, 0) is 0 Å². The molecule has 2 aromatic carbocycles. The van der Waals surface area contributed by atoms with E-state index in [1.54, 1.807) is 31.5 Å². The lowest BCUT2D eigenvalue weighted by Gasteiger charge is -2.10. The monoisotopic (exact) mass is 396 g/mol. The van der Waals surface area contributed by atoms with Crippen molar-refractivity contribution in [3.05, 3.63) is 66.6 Å². The zero-order chi connectivity index (χ0) is 20.5. The lowest BCUT2D eigenvalue weighted by Crippen LogP contribution is -2.33. The third kappa shape index (κ3) is 6.06. The molecule has 1 aromatic heterocycles. The first-order valence-electron chi connectivity index (χ1n) is 8.91. The number of methoxy groups -OCH3 is 1. The quantitative estimate of drug-likeness (QED) is 0.434. The molecule has 0 aliphatic carbocycles. The Bertz CT molecular complexity index is 952. The number of amides is 2. The van der Waals surface area contributed by atoms with Crippen LogP contribution < -0.4 is 26.0 Å². The summed E-state index contributed by atoms with van der Waals surface area (Å²) in [6.07, 6.45) is 1.62. The molecular weight excluding hydrogens is 375 g/mol. The van der Waals surface area contributed by atoms with E-state index in [1.165, 1.54) is 12.1 Å². The van der Waals surface area contributed by atoms with Crippen molar-refractivity contribution in [1.82, 2.24) is 15.3 Å². The summed E-state index contributed by atoms with van der Waals surface area (Å²) >= 11 is 0. The Hall–Kier alpha value is -3.88. The Labute approximate surface area is 167 Å². The van der Waals surface area contributed by atoms with E-state index in [0.29, 0.717) is 24.9 Å². The van der Waals surface area contributed by atoms with Crippen molar-refractivity contribution < 1.29 is 13.9 Å². The second kappa shape index (κ2) is 9.88. The van der Waals surface area contributed by atoms with Gasteiger partial charge in [-0.1, -0.05) is 12.1 Å². The molecule has 150 valence electrons. The molecule has 0 atom stereocenters. The molecule has 4 N–H and O–H groups in total. The van der Waals surface area contributed by atoms with Gasteiger partial charge in [0.05, 0.1) is 12.8 Å². The number of nitrogens with one attached hydrogen (secondary N) is 4. The van der Waals surface area contributed by atoms with Crippen molar-refractivity contribution in [3.8, 4) is 5.75 Å². The fraction of sp³-hybridized carbons (Fsp3) is 0.150. The molecule has 0 fully saturated rings. The fourth-order valence-corrected chi connectivity index (χ4v) is 2.42. The number of nitrogens with zero attached hydrogens (tertiary/aromatic N) is 2. The molecule has 0 radical (unpaired) electrons. The van der Waals surface area contributed by atoms with Gasteiger partial charge in [-0.25, -0.2) is 14.2 Å². The number of para-hydroxylation sites is 1. The molecule has 29 heavy (non-hydrogen) atoms. The molecule has 0 saturated carbocycles. The number of halogens is 1. The molecule has 9 heteroatoms. The van der Waals surface area contributed by atoms with Crippen LogP contribution in [0.4, 0.5) is 32.3 Å². The molecule has 1 heterocycles. The maximum absolute atomic E-state index is 13.5. The Kier molecular flexibility index (Phi) is 6.77. The first kappa shape index (κ1) is 19.9. The van der Waals surface area contributed by atoms with Gasteiger partial charge in [0.2, 0.25) is 5.95 Å². The molecular formula is C20H21FN6O2. The van der Waals surface area contributed by atoms with E-state index in [9.17, 15) is 9.18 Å². The van der Waals surface area contributed by atoms with E-state index in [1.807, 2.05) is 24.3 Å². The zero-order valence-electron chi connectivity index (χ0n) is 15.8. The van der Waals surface area contributed by atoms with Crippen molar-refractivity contribution in [2.24, 2.45) is 0 Å². The smallest absolute Gasteiger partial charge is 0.319 e. The van der Waals surface area contributed by atoms with Crippen molar-refractivity contribution >= 4 is 29.2 Å². The minimum absolute atomic E-state index is 0.128. The number of hydrogen-bond donors (Lipinski definition) is 4. The van der Waals surface area contributed by atoms with Gasteiger partial charge < -0.3 is 26.0 Å². The summed E-state index contributed by atoms with van der Waals surface area (Å²) in [5, 5.41) is 11.3. The van der Waals surface area contributed by atoms with Gasteiger partial charge in [0, 0.05) is 25.0 Å². The van der Waals surface area contributed by atoms with Crippen LogP contribution in [0.2, 0.25) is 0 Å². The topological polar surface area (TPSA) is 100 Å². The molecule has 0 saturated heterocycles. The predicted molar refractivity (Wildman–Crippen MR) is 110 cm³/mol. The maximum Gasteiger partial charge on any atom is 0.319 e. The van der Waals surface area contributed by atoms with Crippen molar-refractivity contribution in [3.63, 3.8) is 0 Å². The Morgan fingerprint density at radius 1 is 1.07 bits per heavy atom. The van der Waals surface area contributed by atoms with Crippen LogP contribution in [0, 0.1) is 5.82 Å². The van der Waals surface area contributed by atoms with Gasteiger partial charge in [0.15, 0.2) is 0 Å². The highest BCUT2D eigenvalue weighted by molar-refractivity contribution is 5.89. The largest absolute Gasteiger partial charge is 0.497 e. The number of rotatable bonds is 8. The number of ether oxygens (including phenoxy) is 1. The van der Waals surface area contributed by atoms with Gasteiger partial charge in [-0.2, -0.15) is 4.98 Å². The van der Waals surface area contributed by atoms with Gasteiger partial charge >= 0.3 is 6.03 Å². The second-order valence-corrected chi connectivity index (χ2v) is 5.91. The zero-order valence-corrected chi connectivity index (χ0v) is 15.8. The number of carbonyl (C=O) groups excluding carboxylic acids is 1.